The van der Waals surface area contributed by atoms with Gasteiger partial charge in [0.15, 0.2) is 0 Å². The molecule has 0 bridgehead atoms. The summed E-state index contributed by atoms with van der Waals surface area (Å²) in [6, 6.07) is 4.87. The molecule has 112 valence electrons. The highest BCUT2D eigenvalue weighted by molar-refractivity contribution is 5.75. The van der Waals surface area contributed by atoms with Crippen LogP contribution in [0.2, 0.25) is 0 Å². The third-order valence-corrected chi connectivity index (χ3v) is 3.11. The number of nitrogens with zero attached hydrogens (tertiary/aromatic N) is 2. The van der Waals surface area contributed by atoms with Crippen LogP contribution < -0.4 is 11.1 Å². The first-order valence-corrected chi connectivity index (χ1v) is 6.85. The molecule has 5 nitrogen and oxygen atoms in total. The van der Waals surface area contributed by atoms with E-state index in [1.54, 1.807) is 29.1 Å². The number of aromatic nitrogens is 2. The first-order valence-electron chi connectivity index (χ1n) is 6.85. The number of carbonyl (C=O) groups is 1. The molecule has 1 unspecified atom stereocenters. The SMILES string of the molecule is CC(N)CCC(=O)NCc1ccc(-n2ccnc2)c(F)c1. The highest BCUT2D eigenvalue weighted by Crippen LogP contribution is 2.14. The van der Waals surface area contributed by atoms with Crippen molar-refractivity contribution in [2.75, 3.05) is 0 Å². The molecule has 3 N–H and O–H groups in total. The summed E-state index contributed by atoms with van der Waals surface area (Å²) in [5.74, 6) is -0.429. The second-order valence-electron chi connectivity index (χ2n) is 5.05. The zero-order valence-electron chi connectivity index (χ0n) is 11.9. The fourth-order valence-electron chi connectivity index (χ4n) is 1.92. The van der Waals surface area contributed by atoms with Crippen molar-refractivity contribution in [1.29, 1.82) is 0 Å². The molecule has 0 aliphatic rings. The Morgan fingerprint density at radius 2 is 2.33 bits per heavy atom. The molecule has 1 aromatic heterocycles. The zero-order valence-corrected chi connectivity index (χ0v) is 11.9. The normalized spacial score (nSPS) is 12.1. The summed E-state index contributed by atoms with van der Waals surface area (Å²) in [7, 11) is 0. The minimum Gasteiger partial charge on any atom is -0.352 e. The largest absolute Gasteiger partial charge is 0.352 e. The van der Waals surface area contributed by atoms with Gasteiger partial charge in [0.25, 0.3) is 0 Å². The molecule has 0 aliphatic heterocycles. The van der Waals surface area contributed by atoms with E-state index in [2.05, 4.69) is 10.3 Å². The number of imidazole rings is 1. The van der Waals surface area contributed by atoms with Crippen LogP contribution >= 0.6 is 0 Å². The molecule has 2 aromatic rings. The van der Waals surface area contributed by atoms with Gasteiger partial charge in [0, 0.05) is 31.4 Å². The summed E-state index contributed by atoms with van der Waals surface area (Å²) < 4.78 is 15.6. The van der Waals surface area contributed by atoms with E-state index in [4.69, 9.17) is 5.73 Å². The maximum Gasteiger partial charge on any atom is 0.220 e. The lowest BCUT2D eigenvalue weighted by molar-refractivity contribution is -0.121. The van der Waals surface area contributed by atoms with E-state index < -0.39 is 0 Å². The van der Waals surface area contributed by atoms with Gasteiger partial charge < -0.3 is 15.6 Å². The van der Waals surface area contributed by atoms with Crippen LogP contribution in [0.3, 0.4) is 0 Å². The van der Waals surface area contributed by atoms with Crippen LogP contribution in [0.5, 0.6) is 0 Å². The van der Waals surface area contributed by atoms with Gasteiger partial charge in [-0.05, 0) is 31.0 Å². The summed E-state index contributed by atoms with van der Waals surface area (Å²) in [6.07, 6.45) is 5.82. The molecule has 21 heavy (non-hydrogen) atoms. The Morgan fingerprint density at radius 1 is 1.52 bits per heavy atom. The number of amides is 1. The average molecular weight is 290 g/mol. The lowest BCUT2D eigenvalue weighted by Gasteiger charge is -2.09. The first kappa shape index (κ1) is 15.2. The van der Waals surface area contributed by atoms with Gasteiger partial charge in [0.1, 0.15) is 5.82 Å². The fourth-order valence-corrected chi connectivity index (χ4v) is 1.92. The molecular formula is C15H19FN4O. The standard InChI is InChI=1S/C15H19FN4O/c1-11(17)2-5-15(21)19-9-12-3-4-14(13(16)8-12)20-7-6-18-10-20/h3-4,6-8,10-11H,2,5,9,17H2,1H3,(H,19,21). The highest BCUT2D eigenvalue weighted by Gasteiger charge is 2.07. The van der Waals surface area contributed by atoms with Gasteiger partial charge in [-0.25, -0.2) is 9.37 Å². The predicted octanol–water partition coefficient (Wildman–Crippen LogP) is 1.75. The van der Waals surface area contributed by atoms with Crippen molar-refractivity contribution in [3.05, 3.63) is 48.3 Å². The van der Waals surface area contributed by atoms with Crippen molar-refractivity contribution in [1.82, 2.24) is 14.9 Å². The van der Waals surface area contributed by atoms with Crippen LogP contribution in [-0.2, 0) is 11.3 Å². The van der Waals surface area contributed by atoms with Gasteiger partial charge in [0.05, 0.1) is 12.0 Å². The molecule has 1 heterocycles. The molecule has 1 atom stereocenters. The van der Waals surface area contributed by atoms with E-state index in [-0.39, 0.29) is 17.8 Å². The summed E-state index contributed by atoms with van der Waals surface area (Å²) in [4.78, 5) is 15.5. The van der Waals surface area contributed by atoms with Gasteiger partial charge >= 0.3 is 0 Å². The number of carbonyl (C=O) groups excluding carboxylic acids is 1. The summed E-state index contributed by atoms with van der Waals surface area (Å²) in [5.41, 5.74) is 6.74. The van der Waals surface area contributed by atoms with Gasteiger partial charge in [0.2, 0.25) is 5.91 Å². The molecule has 6 heteroatoms. The molecule has 0 spiro atoms. The maximum atomic E-state index is 14.0. The lowest BCUT2D eigenvalue weighted by Crippen LogP contribution is -2.25. The summed E-state index contributed by atoms with van der Waals surface area (Å²) >= 11 is 0. The first-order chi connectivity index (χ1) is 10.1. The Labute approximate surface area is 123 Å². The molecule has 0 saturated carbocycles. The van der Waals surface area contributed by atoms with E-state index in [0.717, 1.165) is 0 Å². The maximum absolute atomic E-state index is 14.0. The van der Waals surface area contributed by atoms with E-state index in [0.29, 0.717) is 30.6 Å². The number of hydrogen-bond donors (Lipinski definition) is 2. The fraction of sp³-hybridized carbons (Fsp3) is 0.333. The van der Waals surface area contributed by atoms with Gasteiger partial charge in [-0.2, -0.15) is 0 Å². The molecule has 1 amide bonds. The molecular weight excluding hydrogens is 271 g/mol. The molecule has 0 saturated heterocycles. The number of halogens is 1. The molecule has 1 aromatic carbocycles. The zero-order chi connectivity index (χ0) is 15.2. The van der Waals surface area contributed by atoms with Crippen molar-refractivity contribution in [3.8, 4) is 5.69 Å². The number of rotatable bonds is 6. The van der Waals surface area contributed by atoms with Crippen LogP contribution in [0.15, 0.2) is 36.9 Å². The molecule has 2 rings (SSSR count). The van der Waals surface area contributed by atoms with Crippen LogP contribution in [0.25, 0.3) is 5.69 Å². The van der Waals surface area contributed by atoms with Crippen molar-refractivity contribution in [3.63, 3.8) is 0 Å². The van der Waals surface area contributed by atoms with Gasteiger partial charge in [-0.1, -0.05) is 6.07 Å². The topological polar surface area (TPSA) is 72.9 Å². The minimum absolute atomic E-state index is 0.00246. The van der Waals surface area contributed by atoms with Gasteiger partial charge in [-0.3, -0.25) is 4.79 Å². The summed E-state index contributed by atoms with van der Waals surface area (Å²) in [5, 5.41) is 2.76. The lowest BCUT2D eigenvalue weighted by atomic mass is 10.1. The quantitative estimate of drug-likeness (QED) is 0.851. The number of benzene rings is 1. The van der Waals surface area contributed by atoms with Crippen LogP contribution in [0.1, 0.15) is 25.3 Å². The van der Waals surface area contributed by atoms with Crippen molar-refractivity contribution >= 4 is 5.91 Å². The molecule has 0 radical (unpaired) electrons. The summed E-state index contributed by atoms with van der Waals surface area (Å²) in [6.45, 7) is 2.16. The monoisotopic (exact) mass is 290 g/mol. The number of hydrogen-bond acceptors (Lipinski definition) is 3. The van der Waals surface area contributed by atoms with E-state index in [1.165, 1.54) is 12.4 Å². The van der Waals surface area contributed by atoms with Crippen LogP contribution in [-0.4, -0.2) is 21.5 Å². The third-order valence-electron chi connectivity index (χ3n) is 3.11. The Hall–Kier alpha value is -2.21. The Balaban J connectivity index is 1.93. The van der Waals surface area contributed by atoms with Crippen LogP contribution in [0.4, 0.5) is 4.39 Å². The second kappa shape index (κ2) is 6.99. The number of nitrogens with two attached hydrogens (primary N) is 1. The highest BCUT2D eigenvalue weighted by atomic mass is 19.1. The molecule has 0 aliphatic carbocycles. The predicted molar refractivity (Wildman–Crippen MR) is 78.3 cm³/mol. The Bertz CT molecular complexity index is 596. The average Bonchev–Trinajstić information content (AvgIpc) is 2.97. The smallest absolute Gasteiger partial charge is 0.220 e. The molecule has 0 fully saturated rings. The second-order valence-corrected chi connectivity index (χ2v) is 5.05. The van der Waals surface area contributed by atoms with Crippen molar-refractivity contribution in [2.45, 2.75) is 32.4 Å². The number of nitrogens with one attached hydrogen (secondary N) is 1. The van der Waals surface area contributed by atoms with Crippen LogP contribution in [0, 0.1) is 5.82 Å². The Kier molecular flexibility index (Phi) is 5.05. The minimum atomic E-state index is -0.352. The van der Waals surface area contributed by atoms with E-state index in [9.17, 15) is 9.18 Å². The van der Waals surface area contributed by atoms with E-state index >= 15 is 0 Å². The third kappa shape index (κ3) is 4.39. The Morgan fingerprint density at radius 3 is 2.95 bits per heavy atom. The van der Waals surface area contributed by atoms with Crippen molar-refractivity contribution < 1.29 is 9.18 Å². The van der Waals surface area contributed by atoms with Gasteiger partial charge in [-0.15, -0.1) is 0 Å². The van der Waals surface area contributed by atoms with E-state index in [1.807, 2.05) is 6.92 Å². The van der Waals surface area contributed by atoms with Crippen molar-refractivity contribution in [2.24, 2.45) is 5.73 Å².